The molecule has 2 aromatic carbocycles. The first-order valence-electron chi connectivity index (χ1n) is 5.98. The summed E-state index contributed by atoms with van der Waals surface area (Å²) in [7, 11) is 0. The molecule has 2 aromatic rings. The molecule has 104 valence electrons. The molecule has 0 spiro atoms. The molecule has 1 unspecified atom stereocenters. The van der Waals surface area contributed by atoms with Crippen molar-refractivity contribution >= 4 is 46.4 Å². The largest absolute Gasteiger partial charge is 0.322 e. The highest BCUT2D eigenvalue weighted by molar-refractivity contribution is 6.37. The Bertz CT molecular complexity index is 641. The maximum absolute atomic E-state index is 12.2. The zero-order valence-electron chi connectivity index (χ0n) is 10.7. The molecule has 0 saturated carbocycles. The van der Waals surface area contributed by atoms with Crippen LogP contribution < -0.4 is 5.32 Å². The molecular weight excluding hydrogens is 317 g/mol. The number of carbonyl (C=O) groups is 1. The summed E-state index contributed by atoms with van der Waals surface area (Å²) in [5.74, 6) is -0.295. The Morgan fingerprint density at radius 1 is 1.15 bits per heavy atom. The van der Waals surface area contributed by atoms with Crippen LogP contribution in [0.4, 0.5) is 5.69 Å². The first kappa shape index (κ1) is 15.2. The van der Waals surface area contributed by atoms with E-state index >= 15 is 0 Å². The highest BCUT2D eigenvalue weighted by Crippen LogP contribution is 2.28. The predicted octanol–water partition coefficient (Wildman–Crippen LogP) is 5.55. The van der Waals surface area contributed by atoms with E-state index in [9.17, 15) is 4.79 Å². The Hall–Kier alpha value is -1.22. The fourth-order valence-electron chi connectivity index (χ4n) is 1.82. The molecule has 0 aromatic heterocycles. The minimum atomic E-state index is -0.295. The molecule has 0 aliphatic heterocycles. The van der Waals surface area contributed by atoms with Crippen molar-refractivity contribution in [2.45, 2.75) is 12.3 Å². The lowest BCUT2D eigenvalue weighted by Crippen LogP contribution is -2.14. The number of nitrogens with one attached hydrogen (secondary N) is 1. The van der Waals surface area contributed by atoms with Gasteiger partial charge >= 0.3 is 0 Å². The zero-order valence-corrected chi connectivity index (χ0v) is 12.9. The molecular formula is C15H12Cl3NO. The van der Waals surface area contributed by atoms with Gasteiger partial charge < -0.3 is 5.32 Å². The molecule has 0 aliphatic rings. The Balaban J connectivity index is 2.28. The molecule has 1 N–H and O–H groups in total. The fraction of sp³-hybridized carbons (Fsp3) is 0.133. The second-order valence-electron chi connectivity index (χ2n) is 4.28. The van der Waals surface area contributed by atoms with Gasteiger partial charge in [0.25, 0.3) is 5.91 Å². The Morgan fingerprint density at radius 2 is 1.85 bits per heavy atom. The van der Waals surface area contributed by atoms with Crippen molar-refractivity contribution in [2.24, 2.45) is 0 Å². The van der Waals surface area contributed by atoms with Crippen molar-refractivity contribution in [3.05, 3.63) is 63.6 Å². The van der Waals surface area contributed by atoms with Crippen LogP contribution in [0, 0.1) is 0 Å². The van der Waals surface area contributed by atoms with Crippen LogP contribution in [0.1, 0.15) is 28.2 Å². The molecule has 0 heterocycles. The van der Waals surface area contributed by atoms with E-state index in [1.165, 1.54) is 6.07 Å². The second-order valence-corrected chi connectivity index (χ2v) is 5.78. The summed E-state index contributed by atoms with van der Waals surface area (Å²) in [6.45, 7) is 1.85. The van der Waals surface area contributed by atoms with Crippen LogP contribution in [-0.2, 0) is 0 Å². The monoisotopic (exact) mass is 327 g/mol. The van der Waals surface area contributed by atoms with Crippen LogP contribution in [0.15, 0.2) is 42.5 Å². The second kappa shape index (κ2) is 6.49. The number of carbonyl (C=O) groups excluding carboxylic acids is 1. The van der Waals surface area contributed by atoms with Crippen molar-refractivity contribution < 1.29 is 4.79 Å². The van der Waals surface area contributed by atoms with Gasteiger partial charge in [-0.15, -0.1) is 11.6 Å². The van der Waals surface area contributed by atoms with E-state index in [1.807, 2.05) is 25.1 Å². The van der Waals surface area contributed by atoms with Crippen LogP contribution in [0.5, 0.6) is 0 Å². The molecule has 0 bridgehead atoms. The molecule has 1 atom stereocenters. The predicted molar refractivity (Wildman–Crippen MR) is 85.1 cm³/mol. The van der Waals surface area contributed by atoms with Crippen LogP contribution in [0.2, 0.25) is 10.0 Å². The van der Waals surface area contributed by atoms with Gasteiger partial charge in [-0.2, -0.15) is 0 Å². The van der Waals surface area contributed by atoms with Gasteiger partial charge in [-0.05, 0) is 36.8 Å². The number of hydrogen-bond acceptors (Lipinski definition) is 1. The van der Waals surface area contributed by atoms with Gasteiger partial charge in [0.1, 0.15) is 0 Å². The van der Waals surface area contributed by atoms with Gasteiger partial charge in [0.2, 0.25) is 0 Å². The number of alkyl halides is 1. The third-order valence-electron chi connectivity index (χ3n) is 2.81. The number of benzene rings is 2. The van der Waals surface area contributed by atoms with Gasteiger partial charge in [0.15, 0.2) is 0 Å². The van der Waals surface area contributed by atoms with Crippen LogP contribution in [-0.4, -0.2) is 5.91 Å². The molecule has 5 heteroatoms. The third-order valence-corrected chi connectivity index (χ3v) is 3.60. The summed E-state index contributed by atoms with van der Waals surface area (Å²) in [4.78, 5) is 12.2. The van der Waals surface area contributed by atoms with Gasteiger partial charge in [-0.1, -0.05) is 41.4 Å². The molecule has 0 radical (unpaired) electrons. The summed E-state index contributed by atoms with van der Waals surface area (Å²) in [6, 6.07) is 12.1. The van der Waals surface area contributed by atoms with Crippen molar-refractivity contribution in [3.63, 3.8) is 0 Å². The van der Waals surface area contributed by atoms with E-state index in [4.69, 9.17) is 34.8 Å². The molecule has 20 heavy (non-hydrogen) atoms. The van der Waals surface area contributed by atoms with E-state index in [0.717, 1.165) is 5.56 Å². The lowest BCUT2D eigenvalue weighted by molar-refractivity contribution is 0.102. The van der Waals surface area contributed by atoms with Gasteiger partial charge in [0, 0.05) is 10.7 Å². The summed E-state index contributed by atoms with van der Waals surface area (Å²) in [5, 5.41) is 3.41. The van der Waals surface area contributed by atoms with E-state index in [2.05, 4.69) is 5.32 Å². The molecule has 2 rings (SSSR count). The number of halogens is 3. The maximum Gasteiger partial charge on any atom is 0.257 e. The minimum absolute atomic E-state index is 0.202. The van der Waals surface area contributed by atoms with E-state index in [-0.39, 0.29) is 11.3 Å². The lowest BCUT2D eigenvalue weighted by Gasteiger charge is -2.13. The first-order valence-corrected chi connectivity index (χ1v) is 7.17. The average Bonchev–Trinajstić information content (AvgIpc) is 2.38. The number of amides is 1. The maximum atomic E-state index is 12.2. The van der Waals surface area contributed by atoms with Crippen molar-refractivity contribution in [2.75, 3.05) is 5.32 Å². The summed E-state index contributed by atoms with van der Waals surface area (Å²) in [5.41, 5.74) is 1.90. The quantitative estimate of drug-likeness (QED) is 0.736. The summed E-state index contributed by atoms with van der Waals surface area (Å²) >= 11 is 17.9. The van der Waals surface area contributed by atoms with E-state index in [0.29, 0.717) is 21.3 Å². The first-order chi connectivity index (χ1) is 9.49. The standard InChI is InChI=1S/C15H12Cl3NO/c1-9(16)11-4-2-3-5-14(11)19-15(20)12-7-6-10(17)8-13(12)18/h2-9H,1H3,(H,19,20). The number of anilines is 1. The summed E-state index contributed by atoms with van der Waals surface area (Å²) in [6.07, 6.45) is 0. The number of para-hydroxylation sites is 1. The van der Waals surface area contributed by atoms with Gasteiger partial charge in [0.05, 0.1) is 16.0 Å². The fourth-order valence-corrected chi connectivity index (χ4v) is 2.51. The summed E-state index contributed by atoms with van der Waals surface area (Å²) < 4.78 is 0. The van der Waals surface area contributed by atoms with Crippen molar-refractivity contribution in [3.8, 4) is 0 Å². The molecule has 2 nitrogen and oxygen atoms in total. The number of rotatable bonds is 3. The van der Waals surface area contributed by atoms with Crippen LogP contribution >= 0.6 is 34.8 Å². The zero-order chi connectivity index (χ0) is 14.7. The Morgan fingerprint density at radius 3 is 2.50 bits per heavy atom. The molecule has 0 fully saturated rings. The molecule has 0 aliphatic carbocycles. The SMILES string of the molecule is CC(Cl)c1ccccc1NC(=O)c1ccc(Cl)cc1Cl. The van der Waals surface area contributed by atoms with Crippen LogP contribution in [0.3, 0.4) is 0 Å². The highest BCUT2D eigenvalue weighted by Gasteiger charge is 2.14. The smallest absolute Gasteiger partial charge is 0.257 e. The normalized spacial score (nSPS) is 12.0. The van der Waals surface area contributed by atoms with E-state index in [1.54, 1.807) is 18.2 Å². The highest BCUT2D eigenvalue weighted by atomic mass is 35.5. The average molecular weight is 329 g/mol. The third kappa shape index (κ3) is 3.45. The van der Waals surface area contributed by atoms with Crippen LogP contribution in [0.25, 0.3) is 0 Å². The number of hydrogen-bond donors (Lipinski definition) is 1. The van der Waals surface area contributed by atoms with Gasteiger partial charge in [-0.3, -0.25) is 4.79 Å². The Kier molecular flexibility index (Phi) is 4.92. The minimum Gasteiger partial charge on any atom is -0.322 e. The van der Waals surface area contributed by atoms with E-state index < -0.39 is 0 Å². The molecule has 0 saturated heterocycles. The van der Waals surface area contributed by atoms with Gasteiger partial charge in [-0.25, -0.2) is 0 Å². The van der Waals surface area contributed by atoms with Crippen molar-refractivity contribution in [1.82, 2.24) is 0 Å². The lowest BCUT2D eigenvalue weighted by atomic mass is 10.1. The van der Waals surface area contributed by atoms with Crippen molar-refractivity contribution in [1.29, 1.82) is 0 Å². The Labute approximate surface area is 132 Å². The topological polar surface area (TPSA) is 29.1 Å². The molecule has 1 amide bonds.